The highest BCUT2D eigenvalue weighted by atomic mass is 16.5. The summed E-state index contributed by atoms with van der Waals surface area (Å²) in [5.41, 5.74) is 8.01. The van der Waals surface area contributed by atoms with E-state index in [1.54, 1.807) is 0 Å². The van der Waals surface area contributed by atoms with E-state index in [0.29, 0.717) is 19.1 Å². The fraction of sp³-hybridized carbons (Fsp3) is 0.412. The zero-order valence-electron chi connectivity index (χ0n) is 12.5. The first-order chi connectivity index (χ1) is 9.63. The summed E-state index contributed by atoms with van der Waals surface area (Å²) in [6.45, 7) is 7.29. The first-order valence-electron chi connectivity index (χ1n) is 7.15. The second-order valence-corrected chi connectivity index (χ2v) is 5.17. The molecule has 0 saturated carbocycles. The summed E-state index contributed by atoms with van der Waals surface area (Å²) in [5, 5.41) is 0. The summed E-state index contributed by atoms with van der Waals surface area (Å²) in [4.78, 5) is 0. The summed E-state index contributed by atoms with van der Waals surface area (Å²) >= 11 is 0. The quantitative estimate of drug-likeness (QED) is 0.860. The van der Waals surface area contributed by atoms with E-state index >= 15 is 0 Å². The largest absolute Gasteiger partial charge is 0.486 e. The second kappa shape index (κ2) is 6.62. The molecule has 3 nitrogen and oxygen atoms in total. The van der Waals surface area contributed by atoms with Crippen LogP contribution >= 0.6 is 0 Å². The Morgan fingerprint density at radius 2 is 1.95 bits per heavy atom. The minimum Gasteiger partial charge on any atom is -0.486 e. The lowest BCUT2D eigenvalue weighted by Crippen LogP contribution is -1.96. The molecular weight excluding hydrogens is 250 g/mol. The van der Waals surface area contributed by atoms with Crippen LogP contribution in [0.25, 0.3) is 0 Å². The SMILES string of the molecule is CCC(C)c1ccc(OCc2cc(CN)c(C)o2)cc1. The fourth-order valence-electron chi connectivity index (χ4n) is 2.14. The van der Waals surface area contributed by atoms with Gasteiger partial charge in [0.1, 0.15) is 23.9 Å². The van der Waals surface area contributed by atoms with Crippen molar-refractivity contribution in [3.8, 4) is 5.75 Å². The van der Waals surface area contributed by atoms with Crippen LogP contribution in [0.1, 0.15) is 48.8 Å². The fourth-order valence-corrected chi connectivity index (χ4v) is 2.14. The Kier molecular flexibility index (Phi) is 4.85. The van der Waals surface area contributed by atoms with Gasteiger partial charge in [-0.25, -0.2) is 0 Å². The van der Waals surface area contributed by atoms with Crippen LogP contribution in [0.4, 0.5) is 0 Å². The number of furan rings is 1. The van der Waals surface area contributed by atoms with Crippen molar-refractivity contribution in [2.45, 2.75) is 46.3 Å². The molecule has 0 fully saturated rings. The molecule has 0 amide bonds. The van der Waals surface area contributed by atoms with Crippen LogP contribution in [0.5, 0.6) is 5.75 Å². The third kappa shape index (κ3) is 3.42. The summed E-state index contributed by atoms with van der Waals surface area (Å²) in [7, 11) is 0. The minimum absolute atomic E-state index is 0.434. The lowest BCUT2D eigenvalue weighted by Gasteiger charge is -2.10. The standard InChI is InChI=1S/C17H23NO2/c1-4-12(2)14-5-7-16(8-6-14)19-11-17-9-15(10-18)13(3)20-17/h5-9,12H,4,10-11,18H2,1-3H3. The number of benzene rings is 1. The van der Waals surface area contributed by atoms with E-state index in [0.717, 1.165) is 29.3 Å². The van der Waals surface area contributed by atoms with E-state index < -0.39 is 0 Å². The topological polar surface area (TPSA) is 48.4 Å². The molecule has 0 aliphatic heterocycles. The number of nitrogens with two attached hydrogens (primary N) is 1. The van der Waals surface area contributed by atoms with Gasteiger partial charge in [0.05, 0.1) is 0 Å². The first-order valence-corrected chi connectivity index (χ1v) is 7.15. The minimum atomic E-state index is 0.434. The van der Waals surface area contributed by atoms with Gasteiger partial charge in [-0.1, -0.05) is 26.0 Å². The van der Waals surface area contributed by atoms with Crippen molar-refractivity contribution in [1.29, 1.82) is 0 Å². The first kappa shape index (κ1) is 14.7. The summed E-state index contributed by atoms with van der Waals surface area (Å²) < 4.78 is 11.3. The van der Waals surface area contributed by atoms with Crippen LogP contribution in [0.2, 0.25) is 0 Å². The van der Waals surface area contributed by atoms with E-state index in [2.05, 4.69) is 26.0 Å². The molecule has 1 heterocycles. The lowest BCUT2D eigenvalue weighted by atomic mass is 9.99. The smallest absolute Gasteiger partial charge is 0.146 e. The van der Waals surface area contributed by atoms with Gasteiger partial charge in [-0.15, -0.1) is 0 Å². The number of rotatable bonds is 6. The van der Waals surface area contributed by atoms with E-state index in [4.69, 9.17) is 14.9 Å². The van der Waals surface area contributed by atoms with Crippen LogP contribution < -0.4 is 10.5 Å². The number of ether oxygens (including phenoxy) is 1. The maximum atomic E-state index is 5.74. The Hall–Kier alpha value is -1.74. The molecule has 1 aromatic heterocycles. The predicted molar refractivity (Wildman–Crippen MR) is 80.8 cm³/mol. The molecule has 1 unspecified atom stereocenters. The molecule has 0 saturated heterocycles. The molecule has 0 spiro atoms. The van der Waals surface area contributed by atoms with Crippen LogP contribution in [0.3, 0.4) is 0 Å². The van der Waals surface area contributed by atoms with Crippen molar-refractivity contribution < 1.29 is 9.15 Å². The molecule has 1 atom stereocenters. The Labute approximate surface area is 120 Å². The Bertz CT molecular complexity index is 543. The third-order valence-corrected chi connectivity index (χ3v) is 3.73. The van der Waals surface area contributed by atoms with Crippen LogP contribution in [-0.2, 0) is 13.2 Å². The Morgan fingerprint density at radius 3 is 2.50 bits per heavy atom. The number of hydrogen-bond acceptors (Lipinski definition) is 3. The van der Waals surface area contributed by atoms with Crippen LogP contribution in [0, 0.1) is 6.92 Å². The average molecular weight is 273 g/mol. The monoisotopic (exact) mass is 273 g/mol. The molecule has 108 valence electrons. The van der Waals surface area contributed by atoms with Gasteiger partial charge in [-0.3, -0.25) is 0 Å². The number of hydrogen-bond donors (Lipinski definition) is 1. The molecule has 2 aromatic rings. The van der Waals surface area contributed by atoms with Gasteiger partial charge < -0.3 is 14.9 Å². The van der Waals surface area contributed by atoms with Gasteiger partial charge in [0.15, 0.2) is 0 Å². The lowest BCUT2D eigenvalue weighted by molar-refractivity contribution is 0.267. The molecule has 0 aliphatic rings. The van der Waals surface area contributed by atoms with Crippen molar-refractivity contribution >= 4 is 0 Å². The summed E-state index contributed by atoms with van der Waals surface area (Å²) in [6.07, 6.45) is 1.15. The maximum Gasteiger partial charge on any atom is 0.146 e. The van der Waals surface area contributed by atoms with Gasteiger partial charge in [-0.05, 0) is 43.0 Å². The highest BCUT2D eigenvalue weighted by Crippen LogP contribution is 2.22. The average Bonchev–Trinajstić information content (AvgIpc) is 2.85. The second-order valence-electron chi connectivity index (χ2n) is 5.17. The molecule has 2 rings (SSSR count). The molecule has 0 radical (unpaired) electrons. The molecule has 0 aliphatic carbocycles. The van der Waals surface area contributed by atoms with Gasteiger partial charge in [0, 0.05) is 12.1 Å². The van der Waals surface area contributed by atoms with Crippen molar-refractivity contribution in [3.63, 3.8) is 0 Å². The number of aryl methyl sites for hydroxylation is 1. The van der Waals surface area contributed by atoms with Crippen LogP contribution in [0.15, 0.2) is 34.7 Å². The maximum absolute atomic E-state index is 5.74. The summed E-state index contributed by atoms with van der Waals surface area (Å²) in [6, 6.07) is 10.2. The van der Waals surface area contributed by atoms with Crippen molar-refractivity contribution in [3.05, 3.63) is 53.0 Å². The van der Waals surface area contributed by atoms with E-state index in [-0.39, 0.29) is 0 Å². The van der Waals surface area contributed by atoms with Crippen molar-refractivity contribution in [2.75, 3.05) is 0 Å². The van der Waals surface area contributed by atoms with Gasteiger partial charge >= 0.3 is 0 Å². The zero-order valence-corrected chi connectivity index (χ0v) is 12.5. The third-order valence-electron chi connectivity index (χ3n) is 3.73. The molecule has 3 heteroatoms. The summed E-state index contributed by atoms with van der Waals surface area (Å²) in [5.74, 6) is 3.14. The zero-order chi connectivity index (χ0) is 14.5. The van der Waals surface area contributed by atoms with E-state index in [9.17, 15) is 0 Å². The van der Waals surface area contributed by atoms with E-state index in [1.165, 1.54) is 5.56 Å². The molecule has 20 heavy (non-hydrogen) atoms. The molecule has 0 bridgehead atoms. The highest BCUT2D eigenvalue weighted by molar-refractivity contribution is 5.29. The van der Waals surface area contributed by atoms with Gasteiger partial charge in [0.2, 0.25) is 0 Å². The molecule has 2 N–H and O–H groups in total. The van der Waals surface area contributed by atoms with Gasteiger partial charge in [0.25, 0.3) is 0 Å². The highest BCUT2D eigenvalue weighted by Gasteiger charge is 2.07. The van der Waals surface area contributed by atoms with Gasteiger partial charge in [-0.2, -0.15) is 0 Å². The van der Waals surface area contributed by atoms with Crippen molar-refractivity contribution in [1.82, 2.24) is 0 Å². The molecular formula is C17H23NO2. The van der Waals surface area contributed by atoms with Crippen molar-refractivity contribution in [2.24, 2.45) is 5.73 Å². The Morgan fingerprint density at radius 1 is 1.25 bits per heavy atom. The van der Waals surface area contributed by atoms with E-state index in [1.807, 2.05) is 25.1 Å². The molecule has 1 aromatic carbocycles. The predicted octanol–water partition coefficient (Wildman–Crippen LogP) is 4.14. The Balaban J connectivity index is 1.96. The van der Waals surface area contributed by atoms with Crippen LogP contribution in [-0.4, -0.2) is 0 Å². The normalized spacial score (nSPS) is 12.4.